The van der Waals surface area contributed by atoms with Gasteiger partial charge < -0.3 is 10.2 Å². The lowest BCUT2D eigenvalue weighted by Crippen LogP contribution is -2.22. The summed E-state index contributed by atoms with van der Waals surface area (Å²) in [4.78, 5) is 2.33. The normalized spacial score (nSPS) is 14.0. The second-order valence-electron chi connectivity index (χ2n) is 7.12. The van der Waals surface area contributed by atoms with Crippen LogP contribution in [0.5, 0.6) is 0 Å². The minimum Gasteiger partial charge on any atom is -0.381 e. The molecule has 1 aliphatic rings. The van der Waals surface area contributed by atoms with Crippen molar-refractivity contribution in [2.75, 3.05) is 28.0 Å². The smallest absolute Gasteiger partial charge is 0.235 e. The van der Waals surface area contributed by atoms with Gasteiger partial charge in [-0.1, -0.05) is 24.3 Å². The second kappa shape index (κ2) is 8.05. The van der Waals surface area contributed by atoms with Crippen LogP contribution in [0.1, 0.15) is 25.0 Å². The van der Waals surface area contributed by atoms with E-state index in [-0.39, 0.29) is 0 Å². The molecule has 0 aliphatic carbocycles. The molecule has 1 aliphatic heterocycles. The highest BCUT2D eigenvalue weighted by atomic mass is 32.2. The Hall–Kier alpha value is -2.47. The quantitative estimate of drug-likeness (QED) is 0.704. The van der Waals surface area contributed by atoms with Gasteiger partial charge in [0, 0.05) is 36.7 Å². The van der Waals surface area contributed by atoms with Crippen LogP contribution in [0.15, 0.2) is 54.6 Å². The van der Waals surface area contributed by atoms with Gasteiger partial charge in [-0.15, -0.1) is 0 Å². The summed E-state index contributed by atoms with van der Waals surface area (Å²) in [5.74, 6) is 0. The van der Waals surface area contributed by atoms with Crippen molar-refractivity contribution in [3.05, 3.63) is 65.7 Å². The fourth-order valence-electron chi connectivity index (χ4n) is 2.90. The average Bonchev–Trinajstić information content (AvgIpc) is 3.16. The molecule has 27 heavy (non-hydrogen) atoms. The van der Waals surface area contributed by atoms with E-state index in [1.807, 2.05) is 12.1 Å². The lowest BCUT2D eigenvalue weighted by molar-refractivity contribution is 0.593. The third kappa shape index (κ3) is 4.83. The van der Waals surface area contributed by atoms with Crippen LogP contribution in [-0.2, 0) is 16.6 Å². The van der Waals surface area contributed by atoms with E-state index in [2.05, 4.69) is 52.2 Å². The van der Waals surface area contributed by atoms with E-state index in [0.29, 0.717) is 12.2 Å². The van der Waals surface area contributed by atoms with Crippen LogP contribution >= 0.6 is 0 Å². The van der Waals surface area contributed by atoms with Crippen molar-refractivity contribution in [3.63, 3.8) is 0 Å². The first-order valence-electron chi connectivity index (χ1n) is 9.20. The Morgan fingerprint density at radius 3 is 2.30 bits per heavy atom. The summed E-state index contributed by atoms with van der Waals surface area (Å²) in [5, 5.41) is 3.00. The van der Waals surface area contributed by atoms with Crippen LogP contribution in [0, 0.1) is 6.92 Å². The molecule has 2 aromatic carbocycles. The second-order valence-corrected chi connectivity index (χ2v) is 9.36. The van der Waals surface area contributed by atoms with Gasteiger partial charge >= 0.3 is 0 Å². The first kappa shape index (κ1) is 19.3. The SMILES string of the molecule is Cc1cc(N2CC=CC2)ccc1NCc1ccc(NS(=O)(=O)C(C)C)cc1. The minimum atomic E-state index is -3.31. The highest BCUT2D eigenvalue weighted by molar-refractivity contribution is 7.93. The first-order valence-corrected chi connectivity index (χ1v) is 10.7. The van der Waals surface area contributed by atoms with Gasteiger partial charge in [-0.25, -0.2) is 8.42 Å². The maximum atomic E-state index is 11.9. The van der Waals surface area contributed by atoms with Crippen molar-refractivity contribution in [2.24, 2.45) is 0 Å². The zero-order valence-electron chi connectivity index (χ0n) is 16.1. The van der Waals surface area contributed by atoms with E-state index in [1.165, 1.54) is 11.3 Å². The van der Waals surface area contributed by atoms with Crippen LogP contribution in [0.2, 0.25) is 0 Å². The molecule has 6 heteroatoms. The molecule has 0 aromatic heterocycles. The van der Waals surface area contributed by atoms with Crippen molar-refractivity contribution in [3.8, 4) is 0 Å². The molecule has 0 atom stereocenters. The summed E-state index contributed by atoms with van der Waals surface area (Å²) in [6, 6.07) is 13.9. The maximum absolute atomic E-state index is 11.9. The number of hydrogen-bond donors (Lipinski definition) is 2. The van der Waals surface area contributed by atoms with Gasteiger partial charge in [-0.2, -0.15) is 0 Å². The van der Waals surface area contributed by atoms with E-state index in [0.717, 1.165) is 24.3 Å². The minimum absolute atomic E-state index is 0.457. The number of hydrogen-bond acceptors (Lipinski definition) is 4. The molecule has 144 valence electrons. The van der Waals surface area contributed by atoms with Gasteiger partial charge in [0.1, 0.15) is 0 Å². The topological polar surface area (TPSA) is 61.4 Å². The Balaban J connectivity index is 1.60. The highest BCUT2D eigenvalue weighted by Gasteiger charge is 2.15. The van der Waals surface area contributed by atoms with Crippen molar-refractivity contribution in [1.82, 2.24) is 0 Å². The Morgan fingerprint density at radius 2 is 1.70 bits per heavy atom. The van der Waals surface area contributed by atoms with E-state index in [9.17, 15) is 8.42 Å². The van der Waals surface area contributed by atoms with E-state index in [1.54, 1.807) is 26.0 Å². The van der Waals surface area contributed by atoms with Crippen LogP contribution < -0.4 is 14.9 Å². The Bertz CT molecular complexity index is 911. The number of sulfonamides is 1. The molecule has 0 unspecified atom stereocenters. The summed E-state index contributed by atoms with van der Waals surface area (Å²) in [5.41, 5.74) is 5.24. The fraction of sp³-hybridized carbons (Fsp3) is 0.333. The van der Waals surface area contributed by atoms with Crippen LogP contribution in [0.4, 0.5) is 17.1 Å². The van der Waals surface area contributed by atoms with Crippen molar-refractivity contribution in [2.45, 2.75) is 32.6 Å². The lowest BCUT2D eigenvalue weighted by atomic mass is 10.1. The number of anilines is 3. The van der Waals surface area contributed by atoms with Crippen molar-refractivity contribution in [1.29, 1.82) is 0 Å². The molecule has 3 rings (SSSR count). The molecule has 2 aromatic rings. The molecule has 0 spiro atoms. The van der Waals surface area contributed by atoms with E-state index >= 15 is 0 Å². The van der Waals surface area contributed by atoms with Crippen molar-refractivity contribution < 1.29 is 8.42 Å². The van der Waals surface area contributed by atoms with Crippen molar-refractivity contribution >= 4 is 27.1 Å². The Morgan fingerprint density at radius 1 is 1.04 bits per heavy atom. The number of benzene rings is 2. The molecule has 0 amide bonds. The van der Waals surface area contributed by atoms with Gasteiger partial charge in [0.15, 0.2) is 0 Å². The summed E-state index contributed by atoms with van der Waals surface area (Å²) < 4.78 is 26.5. The predicted molar refractivity (Wildman–Crippen MR) is 114 cm³/mol. The number of nitrogens with one attached hydrogen (secondary N) is 2. The third-order valence-electron chi connectivity index (χ3n) is 4.71. The third-order valence-corrected chi connectivity index (χ3v) is 6.47. The number of aryl methyl sites for hydroxylation is 1. The highest BCUT2D eigenvalue weighted by Crippen LogP contribution is 2.24. The Labute approximate surface area is 162 Å². The molecule has 0 radical (unpaired) electrons. The van der Waals surface area contributed by atoms with Gasteiger partial charge in [0.2, 0.25) is 10.0 Å². The van der Waals surface area contributed by atoms with Crippen LogP contribution in [-0.4, -0.2) is 26.8 Å². The molecule has 1 heterocycles. The maximum Gasteiger partial charge on any atom is 0.235 e. The summed E-state index contributed by atoms with van der Waals surface area (Å²) in [6.45, 7) is 8.06. The molecular weight excluding hydrogens is 358 g/mol. The molecule has 0 bridgehead atoms. The van der Waals surface area contributed by atoms with Crippen LogP contribution in [0.25, 0.3) is 0 Å². The van der Waals surface area contributed by atoms with Gasteiger partial charge in [0.05, 0.1) is 5.25 Å². The molecule has 5 nitrogen and oxygen atoms in total. The van der Waals surface area contributed by atoms with E-state index in [4.69, 9.17) is 0 Å². The predicted octanol–water partition coefficient (Wildman–Crippen LogP) is 4.13. The molecular formula is C21H27N3O2S. The molecule has 0 saturated heterocycles. The van der Waals surface area contributed by atoms with Crippen LogP contribution in [0.3, 0.4) is 0 Å². The van der Waals surface area contributed by atoms with Gasteiger partial charge in [-0.3, -0.25) is 4.72 Å². The lowest BCUT2D eigenvalue weighted by Gasteiger charge is -2.19. The zero-order chi connectivity index (χ0) is 19.4. The first-order chi connectivity index (χ1) is 12.8. The van der Waals surface area contributed by atoms with Gasteiger partial charge in [-0.05, 0) is 62.2 Å². The molecule has 0 saturated carbocycles. The Kier molecular flexibility index (Phi) is 5.75. The molecule has 0 fully saturated rings. The monoisotopic (exact) mass is 385 g/mol. The fourth-order valence-corrected chi connectivity index (χ4v) is 3.60. The summed E-state index contributed by atoms with van der Waals surface area (Å²) in [7, 11) is -3.31. The summed E-state index contributed by atoms with van der Waals surface area (Å²) in [6.07, 6.45) is 4.37. The standard InChI is InChI=1S/C21H27N3O2S/c1-16(2)27(25,26)23-19-8-6-18(7-9-19)15-22-21-11-10-20(14-17(21)3)24-12-4-5-13-24/h4-11,14,16,22-23H,12-13,15H2,1-3H3. The zero-order valence-corrected chi connectivity index (χ0v) is 16.9. The number of rotatable bonds is 7. The van der Waals surface area contributed by atoms with Gasteiger partial charge in [0.25, 0.3) is 0 Å². The number of nitrogens with zero attached hydrogens (tertiary/aromatic N) is 1. The largest absolute Gasteiger partial charge is 0.381 e. The van der Waals surface area contributed by atoms with E-state index < -0.39 is 15.3 Å². The summed E-state index contributed by atoms with van der Waals surface area (Å²) >= 11 is 0. The molecule has 2 N–H and O–H groups in total. The average molecular weight is 386 g/mol.